The molecule has 0 aliphatic carbocycles. The number of carbonyl (C=O) groups excluding carboxylic acids is 1. The minimum Gasteiger partial charge on any atom is -0.325 e. The van der Waals surface area contributed by atoms with Gasteiger partial charge in [0.25, 0.3) is 5.56 Å². The predicted octanol–water partition coefficient (Wildman–Crippen LogP) is 4.14. The first-order valence-corrected chi connectivity index (χ1v) is 10.9. The summed E-state index contributed by atoms with van der Waals surface area (Å²) in [7, 11) is 0. The molecular formula is C21H18FN3O2S2. The summed E-state index contributed by atoms with van der Waals surface area (Å²) < 4.78 is 14.6. The quantitative estimate of drug-likeness (QED) is 0.490. The van der Waals surface area contributed by atoms with Crippen LogP contribution in [0.2, 0.25) is 0 Å². The molecule has 4 rings (SSSR count). The molecule has 29 heavy (non-hydrogen) atoms. The standard InChI is InChI=1S/C21H18FN3O2S2/c1-13-11-17-19(29-13)20(27)25(16-5-3-2-4-6-16)21(24-17)28-12-18(26)23-15-9-7-14(22)8-10-15/h2-10,13H,11-12H2,1H3,(H,23,26). The molecule has 0 saturated heterocycles. The highest BCUT2D eigenvalue weighted by molar-refractivity contribution is 8.00. The summed E-state index contributed by atoms with van der Waals surface area (Å²) in [6, 6.07) is 14.9. The van der Waals surface area contributed by atoms with Crippen molar-refractivity contribution in [3.63, 3.8) is 0 Å². The van der Waals surface area contributed by atoms with Gasteiger partial charge in [-0.2, -0.15) is 0 Å². The lowest BCUT2D eigenvalue weighted by Gasteiger charge is -2.13. The Morgan fingerprint density at radius 3 is 2.69 bits per heavy atom. The molecule has 148 valence electrons. The number of aromatic nitrogens is 2. The highest BCUT2D eigenvalue weighted by Gasteiger charge is 2.27. The molecule has 1 aliphatic heterocycles. The largest absolute Gasteiger partial charge is 0.325 e. The number of anilines is 1. The van der Waals surface area contributed by atoms with Crippen molar-refractivity contribution in [2.45, 2.75) is 28.6 Å². The molecule has 1 N–H and O–H groups in total. The summed E-state index contributed by atoms with van der Waals surface area (Å²) in [5.74, 6) is -0.532. The van der Waals surface area contributed by atoms with Crippen LogP contribution < -0.4 is 10.9 Å². The van der Waals surface area contributed by atoms with Crippen LogP contribution in [0, 0.1) is 5.82 Å². The number of nitrogens with one attached hydrogen (secondary N) is 1. The third kappa shape index (κ3) is 4.38. The van der Waals surface area contributed by atoms with Crippen molar-refractivity contribution in [2.24, 2.45) is 0 Å². The average Bonchev–Trinajstić information content (AvgIpc) is 3.09. The smallest absolute Gasteiger partial charge is 0.272 e. The number of amides is 1. The Hall–Kier alpha value is -2.58. The normalized spacial score (nSPS) is 15.2. The van der Waals surface area contributed by atoms with E-state index in [0.717, 1.165) is 17.8 Å². The number of hydrogen-bond donors (Lipinski definition) is 1. The Labute approximate surface area is 175 Å². The predicted molar refractivity (Wildman–Crippen MR) is 115 cm³/mol. The fourth-order valence-corrected chi connectivity index (χ4v) is 4.99. The Bertz CT molecular complexity index is 1100. The number of fused-ring (bicyclic) bond motifs is 1. The Kier molecular flexibility index (Phi) is 5.73. The fourth-order valence-electron chi connectivity index (χ4n) is 3.06. The van der Waals surface area contributed by atoms with Gasteiger partial charge in [0.2, 0.25) is 5.91 Å². The Morgan fingerprint density at radius 1 is 1.24 bits per heavy atom. The summed E-state index contributed by atoms with van der Waals surface area (Å²) in [6.07, 6.45) is 0.736. The van der Waals surface area contributed by atoms with E-state index in [2.05, 4.69) is 12.2 Å². The van der Waals surface area contributed by atoms with E-state index in [-0.39, 0.29) is 23.0 Å². The molecule has 1 aromatic heterocycles. The van der Waals surface area contributed by atoms with Crippen molar-refractivity contribution in [2.75, 3.05) is 11.1 Å². The van der Waals surface area contributed by atoms with Crippen LogP contribution in [0.1, 0.15) is 12.6 Å². The van der Waals surface area contributed by atoms with Gasteiger partial charge in [-0.15, -0.1) is 11.8 Å². The molecule has 0 bridgehead atoms. The van der Waals surface area contributed by atoms with Crippen LogP contribution >= 0.6 is 23.5 Å². The Balaban J connectivity index is 1.60. The van der Waals surface area contributed by atoms with Gasteiger partial charge in [0.15, 0.2) is 5.16 Å². The molecule has 1 amide bonds. The number of para-hydroxylation sites is 1. The van der Waals surface area contributed by atoms with Gasteiger partial charge in [-0.25, -0.2) is 9.37 Å². The number of nitrogens with zero attached hydrogens (tertiary/aromatic N) is 2. The maximum absolute atomic E-state index is 13.1. The average molecular weight is 428 g/mol. The zero-order valence-electron chi connectivity index (χ0n) is 15.6. The molecule has 0 fully saturated rings. The zero-order valence-corrected chi connectivity index (χ0v) is 17.2. The molecule has 1 aliphatic rings. The van der Waals surface area contributed by atoms with E-state index < -0.39 is 0 Å². The first-order valence-electron chi connectivity index (χ1n) is 9.07. The number of carbonyl (C=O) groups is 1. The summed E-state index contributed by atoms with van der Waals surface area (Å²) in [5.41, 5.74) is 1.93. The number of rotatable bonds is 5. The van der Waals surface area contributed by atoms with E-state index in [4.69, 9.17) is 4.98 Å². The van der Waals surface area contributed by atoms with E-state index in [9.17, 15) is 14.0 Å². The van der Waals surface area contributed by atoms with Crippen molar-refractivity contribution < 1.29 is 9.18 Å². The van der Waals surface area contributed by atoms with Crippen LogP contribution in [0.15, 0.2) is 69.4 Å². The van der Waals surface area contributed by atoms with Gasteiger partial charge in [-0.1, -0.05) is 36.9 Å². The molecule has 8 heteroatoms. The number of hydrogen-bond acceptors (Lipinski definition) is 5. The maximum Gasteiger partial charge on any atom is 0.272 e. The van der Waals surface area contributed by atoms with Crippen LogP contribution in [0.25, 0.3) is 5.69 Å². The highest BCUT2D eigenvalue weighted by Crippen LogP contribution is 2.34. The van der Waals surface area contributed by atoms with Crippen molar-refractivity contribution in [1.29, 1.82) is 0 Å². The van der Waals surface area contributed by atoms with Crippen molar-refractivity contribution >= 4 is 35.1 Å². The second kappa shape index (κ2) is 8.42. The third-order valence-electron chi connectivity index (χ3n) is 4.36. The maximum atomic E-state index is 13.1. The summed E-state index contributed by atoms with van der Waals surface area (Å²) in [6.45, 7) is 2.07. The third-order valence-corrected chi connectivity index (χ3v) is 6.51. The van der Waals surface area contributed by atoms with Gasteiger partial charge in [-0.3, -0.25) is 14.2 Å². The van der Waals surface area contributed by atoms with Gasteiger partial charge < -0.3 is 5.32 Å². The molecule has 0 spiro atoms. The van der Waals surface area contributed by atoms with Crippen molar-refractivity contribution in [3.05, 3.63) is 76.5 Å². The number of thioether (sulfide) groups is 2. The second-order valence-corrected chi connectivity index (χ2v) is 9.01. The second-order valence-electron chi connectivity index (χ2n) is 6.62. The molecule has 2 aromatic carbocycles. The molecule has 0 radical (unpaired) electrons. The molecule has 3 aromatic rings. The minimum absolute atomic E-state index is 0.0815. The number of benzene rings is 2. The highest BCUT2D eigenvalue weighted by atomic mass is 32.2. The SMILES string of the molecule is CC1Cc2nc(SCC(=O)Nc3ccc(F)cc3)n(-c3ccccc3)c(=O)c2S1. The van der Waals surface area contributed by atoms with Gasteiger partial charge in [0.05, 0.1) is 22.0 Å². The van der Waals surface area contributed by atoms with Crippen molar-refractivity contribution in [3.8, 4) is 5.69 Å². The summed E-state index contributed by atoms with van der Waals surface area (Å²) in [4.78, 5) is 30.9. The van der Waals surface area contributed by atoms with Gasteiger partial charge >= 0.3 is 0 Å². The van der Waals surface area contributed by atoms with Crippen LogP contribution in [-0.2, 0) is 11.2 Å². The number of halogens is 1. The fraction of sp³-hybridized carbons (Fsp3) is 0.190. The van der Waals surface area contributed by atoms with Gasteiger partial charge in [0.1, 0.15) is 5.82 Å². The molecular weight excluding hydrogens is 409 g/mol. The molecule has 1 atom stereocenters. The lowest BCUT2D eigenvalue weighted by atomic mass is 10.2. The van der Waals surface area contributed by atoms with Crippen LogP contribution in [0.3, 0.4) is 0 Å². The lowest BCUT2D eigenvalue weighted by Crippen LogP contribution is -2.24. The minimum atomic E-state index is -0.362. The first-order chi connectivity index (χ1) is 14.0. The van der Waals surface area contributed by atoms with E-state index >= 15 is 0 Å². The molecule has 1 unspecified atom stereocenters. The van der Waals surface area contributed by atoms with Crippen LogP contribution in [-0.4, -0.2) is 26.5 Å². The Morgan fingerprint density at radius 2 is 1.97 bits per heavy atom. The molecule has 0 saturated carbocycles. The topological polar surface area (TPSA) is 64.0 Å². The molecule has 2 heterocycles. The van der Waals surface area contributed by atoms with Gasteiger partial charge in [0, 0.05) is 17.4 Å². The summed E-state index contributed by atoms with van der Waals surface area (Å²) in [5, 5.41) is 3.52. The summed E-state index contributed by atoms with van der Waals surface area (Å²) >= 11 is 2.76. The zero-order chi connectivity index (χ0) is 20.4. The van der Waals surface area contributed by atoms with Crippen LogP contribution in [0.4, 0.5) is 10.1 Å². The molecule has 5 nitrogen and oxygen atoms in total. The van der Waals surface area contributed by atoms with E-state index in [1.165, 1.54) is 36.0 Å². The van der Waals surface area contributed by atoms with E-state index in [1.54, 1.807) is 16.3 Å². The van der Waals surface area contributed by atoms with E-state index in [0.29, 0.717) is 21.0 Å². The lowest BCUT2D eigenvalue weighted by molar-refractivity contribution is -0.113. The monoisotopic (exact) mass is 427 g/mol. The van der Waals surface area contributed by atoms with E-state index in [1.807, 2.05) is 30.3 Å². The first kappa shape index (κ1) is 19.7. The van der Waals surface area contributed by atoms with Gasteiger partial charge in [-0.05, 0) is 36.4 Å². The van der Waals surface area contributed by atoms with Crippen LogP contribution in [0.5, 0.6) is 0 Å². The van der Waals surface area contributed by atoms with Crippen molar-refractivity contribution in [1.82, 2.24) is 9.55 Å².